The van der Waals surface area contributed by atoms with Gasteiger partial charge in [-0.15, -0.1) is 0 Å². The van der Waals surface area contributed by atoms with Crippen LogP contribution in [0.2, 0.25) is 0 Å². The van der Waals surface area contributed by atoms with Crippen LogP contribution in [0.3, 0.4) is 0 Å². The summed E-state index contributed by atoms with van der Waals surface area (Å²) in [7, 11) is 1.31. The van der Waals surface area contributed by atoms with Gasteiger partial charge < -0.3 is 14.5 Å². The van der Waals surface area contributed by atoms with Crippen LogP contribution in [-0.2, 0) is 14.3 Å². The summed E-state index contributed by atoms with van der Waals surface area (Å²) < 4.78 is 11.5. The van der Waals surface area contributed by atoms with E-state index in [-0.39, 0.29) is 11.4 Å². The van der Waals surface area contributed by atoms with E-state index in [1.54, 1.807) is 48.5 Å². The quantitative estimate of drug-likeness (QED) is 0.245. The molecule has 0 spiro atoms. The Balaban J connectivity index is 1.43. The van der Waals surface area contributed by atoms with E-state index in [1.807, 2.05) is 12.1 Å². The van der Waals surface area contributed by atoms with Crippen LogP contribution >= 0.6 is 34.4 Å². The molecule has 3 amide bonds. The number of thioether (sulfide) groups is 1. The van der Waals surface area contributed by atoms with Crippen molar-refractivity contribution in [2.75, 3.05) is 19.0 Å². The smallest absolute Gasteiger partial charge is 0.337 e. The number of esters is 1. The van der Waals surface area contributed by atoms with Crippen LogP contribution in [-0.4, -0.2) is 41.6 Å². The number of carbonyl (C=O) groups is 4. The van der Waals surface area contributed by atoms with Gasteiger partial charge in [0.2, 0.25) is 5.91 Å². The van der Waals surface area contributed by atoms with Crippen LogP contribution in [0.25, 0.3) is 17.4 Å². The standard InChI is InChI=1S/C24H17IN2O6S/c1-32-23(30)15-4-2-14(3-5-15)19-11-10-18(33-19)12-20-22(29)27(24(31)34-20)13-21(28)26-17-8-6-16(25)7-9-17/h2-12H,13H2,1H3,(H,26,28)/b20-12+. The number of imide groups is 1. The molecule has 8 nitrogen and oxygen atoms in total. The predicted molar refractivity (Wildman–Crippen MR) is 136 cm³/mol. The second-order valence-electron chi connectivity index (χ2n) is 7.09. The molecule has 1 aromatic heterocycles. The molecule has 1 aliphatic rings. The first kappa shape index (κ1) is 23.8. The zero-order chi connectivity index (χ0) is 24.2. The summed E-state index contributed by atoms with van der Waals surface area (Å²) in [5.74, 6) is -0.567. The lowest BCUT2D eigenvalue weighted by molar-refractivity contribution is -0.127. The lowest BCUT2D eigenvalue weighted by Crippen LogP contribution is -2.36. The molecule has 2 heterocycles. The van der Waals surface area contributed by atoms with Gasteiger partial charge in [-0.1, -0.05) is 12.1 Å². The first-order valence-electron chi connectivity index (χ1n) is 9.93. The number of ether oxygens (including phenoxy) is 1. The van der Waals surface area contributed by atoms with Crippen LogP contribution in [0, 0.1) is 3.57 Å². The number of hydrogen-bond donors (Lipinski definition) is 1. The molecule has 2 aromatic carbocycles. The fourth-order valence-electron chi connectivity index (χ4n) is 3.12. The van der Waals surface area contributed by atoms with E-state index >= 15 is 0 Å². The Morgan fingerprint density at radius 2 is 1.76 bits per heavy atom. The van der Waals surface area contributed by atoms with Crippen LogP contribution in [0.1, 0.15) is 16.1 Å². The molecular formula is C24H17IN2O6S. The molecule has 34 heavy (non-hydrogen) atoms. The third-order valence-electron chi connectivity index (χ3n) is 4.79. The highest BCUT2D eigenvalue weighted by atomic mass is 127. The number of methoxy groups -OCH3 is 1. The van der Waals surface area contributed by atoms with Gasteiger partial charge in [0, 0.05) is 20.9 Å². The Kier molecular flexibility index (Phi) is 7.17. The molecule has 0 bridgehead atoms. The Labute approximate surface area is 212 Å². The number of benzene rings is 2. The topological polar surface area (TPSA) is 106 Å². The van der Waals surface area contributed by atoms with Crippen molar-refractivity contribution in [3.05, 3.63) is 80.5 Å². The molecule has 0 unspecified atom stereocenters. The highest BCUT2D eigenvalue weighted by molar-refractivity contribution is 14.1. The fraction of sp³-hybridized carbons (Fsp3) is 0.0833. The Morgan fingerprint density at radius 1 is 1.06 bits per heavy atom. The van der Waals surface area contributed by atoms with Gasteiger partial charge in [-0.25, -0.2) is 4.79 Å². The van der Waals surface area contributed by atoms with Crippen molar-refractivity contribution >= 4 is 69.1 Å². The fourth-order valence-corrected chi connectivity index (χ4v) is 4.29. The van der Waals surface area contributed by atoms with E-state index in [0.717, 1.165) is 25.8 Å². The molecule has 1 aliphatic heterocycles. The summed E-state index contributed by atoms with van der Waals surface area (Å²) in [6.07, 6.45) is 1.47. The molecule has 0 radical (unpaired) electrons. The van der Waals surface area contributed by atoms with Gasteiger partial charge in [0.25, 0.3) is 11.1 Å². The van der Waals surface area contributed by atoms with Crippen LogP contribution in [0.5, 0.6) is 0 Å². The number of nitrogens with zero attached hydrogens (tertiary/aromatic N) is 1. The van der Waals surface area contributed by atoms with Gasteiger partial charge in [-0.3, -0.25) is 19.3 Å². The van der Waals surface area contributed by atoms with Gasteiger partial charge in [0.05, 0.1) is 17.6 Å². The highest BCUT2D eigenvalue weighted by Crippen LogP contribution is 2.33. The normalized spacial score (nSPS) is 14.5. The number of nitrogens with one attached hydrogen (secondary N) is 1. The van der Waals surface area contributed by atoms with Gasteiger partial charge in [0.1, 0.15) is 18.1 Å². The number of carbonyl (C=O) groups excluding carboxylic acids is 4. The first-order chi connectivity index (χ1) is 16.3. The third-order valence-corrected chi connectivity index (χ3v) is 6.42. The van der Waals surface area contributed by atoms with Crippen molar-refractivity contribution in [2.45, 2.75) is 0 Å². The minimum Gasteiger partial charge on any atom is -0.465 e. The van der Waals surface area contributed by atoms with E-state index in [0.29, 0.717) is 22.8 Å². The maximum atomic E-state index is 12.7. The summed E-state index contributed by atoms with van der Waals surface area (Å²) in [5.41, 5.74) is 1.72. The predicted octanol–water partition coefficient (Wildman–Crippen LogP) is 5.01. The van der Waals surface area contributed by atoms with Crippen molar-refractivity contribution in [1.82, 2.24) is 4.90 Å². The minimum absolute atomic E-state index is 0.161. The van der Waals surface area contributed by atoms with Crippen molar-refractivity contribution < 1.29 is 28.3 Å². The summed E-state index contributed by atoms with van der Waals surface area (Å²) >= 11 is 2.90. The minimum atomic E-state index is -0.562. The number of hydrogen-bond acceptors (Lipinski definition) is 7. The number of rotatable bonds is 6. The monoisotopic (exact) mass is 588 g/mol. The number of furan rings is 1. The zero-order valence-electron chi connectivity index (χ0n) is 17.7. The summed E-state index contributed by atoms with van der Waals surface area (Å²) in [6.45, 7) is -0.385. The van der Waals surface area contributed by atoms with Crippen molar-refractivity contribution in [1.29, 1.82) is 0 Å². The molecular weight excluding hydrogens is 571 g/mol. The number of halogens is 1. The largest absolute Gasteiger partial charge is 0.465 e. The van der Waals surface area contributed by atoms with Crippen molar-refractivity contribution in [2.24, 2.45) is 0 Å². The maximum absolute atomic E-state index is 12.7. The van der Waals surface area contributed by atoms with E-state index < -0.39 is 23.0 Å². The third kappa shape index (κ3) is 5.39. The molecule has 10 heteroatoms. The van der Waals surface area contributed by atoms with Crippen LogP contribution < -0.4 is 5.32 Å². The molecule has 3 aromatic rings. The highest BCUT2D eigenvalue weighted by Gasteiger charge is 2.36. The van der Waals surface area contributed by atoms with E-state index in [2.05, 4.69) is 32.6 Å². The number of amides is 3. The second kappa shape index (κ2) is 10.3. The first-order valence-corrected chi connectivity index (χ1v) is 11.8. The average Bonchev–Trinajstić information content (AvgIpc) is 3.40. The molecule has 4 rings (SSSR count). The molecule has 0 atom stereocenters. The van der Waals surface area contributed by atoms with Crippen LogP contribution in [0.4, 0.5) is 10.5 Å². The lowest BCUT2D eigenvalue weighted by Gasteiger charge is -2.12. The summed E-state index contributed by atoms with van der Waals surface area (Å²) in [6, 6.07) is 17.2. The van der Waals surface area contributed by atoms with E-state index in [4.69, 9.17) is 4.42 Å². The SMILES string of the molecule is COC(=O)c1ccc(-c2ccc(/C=C3/SC(=O)N(CC(=O)Nc4ccc(I)cc4)C3=O)o2)cc1. The van der Waals surface area contributed by atoms with E-state index in [9.17, 15) is 19.2 Å². The van der Waals surface area contributed by atoms with E-state index in [1.165, 1.54) is 13.2 Å². The molecule has 1 N–H and O–H groups in total. The second-order valence-corrected chi connectivity index (χ2v) is 9.33. The van der Waals surface area contributed by atoms with Crippen molar-refractivity contribution in [3.63, 3.8) is 0 Å². The lowest BCUT2D eigenvalue weighted by atomic mass is 10.1. The van der Waals surface area contributed by atoms with Crippen molar-refractivity contribution in [3.8, 4) is 11.3 Å². The maximum Gasteiger partial charge on any atom is 0.337 e. The molecule has 0 aliphatic carbocycles. The number of anilines is 1. The van der Waals surface area contributed by atoms with Gasteiger partial charge in [0.15, 0.2) is 0 Å². The average molecular weight is 588 g/mol. The summed E-state index contributed by atoms with van der Waals surface area (Å²) in [5, 5.41) is 2.14. The van der Waals surface area contributed by atoms with Gasteiger partial charge in [-0.05, 0) is 82.9 Å². The van der Waals surface area contributed by atoms with Crippen LogP contribution in [0.15, 0.2) is 70.0 Å². The Morgan fingerprint density at radius 3 is 2.44 bits per heavy atom. The molecule has 1 fully saturated rings. The van der Waals surface area contributed by atoms with Gasteiger partial charge >= 0.3 is 5.97 Å². The Bertz CT molecular complexity index is 1300. The molecule has 1 saturated heterocycles. The van der Waals surface area contributed by atoms with Gasteiger partial charge in [-0.2, -0.15) is 0 Å². The Hall–Kier alpha value is -3.38. The molecule has 0 saturated carbocycles. The zero-order valence-corrected chi connectivity index (χ0v) is 20.7. The molecule has 172 valence electrons. The summed E-state index contributed by atoms with van der Waals surface area (Å²) in [4.78, 5) is 50.0.